The quantitative estimate of drug-likeness (QED) is 0.261. The van der Waals surface area contributed by atoms with E-state index in [1.165, 1.54) is 0 Å². The van der Waals surface area contributed by atoms with Gasteiger partial charge in [0.05, 0.1) is 33.0 Å². The highest BCUT2D eigenvalue weighted by atomic mass is 127. The molecule has 176 valence electrons. The summed E-state index contributed by atoms with van der Waals surface area (Å²) in [7, 11) is 0. The third kappa shape index (κ3) is 9.90. The fourth-order valence-corrected chi connectivity index (χ4v) is 3.55. The van der Waals surface area contributed by atoms with Gasteiger partial charge in [0, 0.05) is 57.9 Å². The van der Waals surface area contributed by atoms with Crippen molar-refractivity contribution in [2.24, 2.45) is 4.99 Å². The van der Waals surface area contributed by atoms with Crippen molar-refractivity contribution >= 4 is 29.9 Å². The van der Waals surface area contributed by atoms with Gasteiger partial charge in [-0.15, -0.1) is 24.0 Å². The average molecular weight is 547 g/mol. The fraction of sp³-hybridized carbons (Fsp3) is 0.682. The molecule has 0 bridgehead atoms. The van der Waals surface area contributed by atoms with Gasteiger partial charge in [0.1, 0.15) is 12.4 Å². The Balaban J connectivity index is 0.00000341. The average Bonchev–Trinajstić information content (AvgIpc) is 2.80. The molecule has 2 N–H and O–H groups in total. The minimum Gasteiger partial charge on any atom is -0.492 e. The summed E-state index contributed by atoms with van der Waals surface area (Å²) in [5, 5.41) is 6.77. The Bertz CT molecular complexity index is 637. The largest absolute Gasteiger partial charge is 0.492 e. The Morgan fingerprint density at radius 2 is 1.61 bits per heavy atom. The van der Waals surface area contributed by atoms with Gasteiger partial charge >= 0.3 is 0 Å². The normalized spacial score (nSPS) is 18.3. The molecule has 9 heteroatoms. The lowest BCUT2D eigenvalue weighted by Crippen LogP contribution is -2.44. The molecular weight excluding hydrogens is 509 g/mol. The molecule has 0 spiro atoms. The van der Waals surface area contributed by atoms with Gasteiger partial charge in [-0.25, -0.2) is 4.99 Å². The Labute approximate surface area is 203 Å². The lowest BCUT2D eigenvalue weighted by molar-refractivity contribution is 0.0322. The second-order valence-electron chi connectivity index (χ2n) is 7.49. The molecule has 1 aromatic rings. The van der Waals surface area contributed by atoms with Crippen LogP contribution in [0.15, 0.2) is 29.3 Å². The van der Waals surface area contributed by atoms with Crippen LogP contribution in [-0.4, -0.2) is 101 Å². The summed E-state index contributed by atoms with van der Waals surface area (Å²) < 4.78 is 16.9. The van der Waals surface area contributed by atoms with Crippen molar-refractivity contribution in [1.82, 2.24) is 20.4 Å². The van der Waals surface area contributed by atoms with E-state index in [2.05, 4.69) is 33.4 Å². The van der Waals surface area contributed by atoms with Gasteiger partial charge in [0.2, 0.25) is 0 Å². The van der Waals surface area contributed by atoms with E-state index in [1.54, 1.807) is 0 Å². The van der Waals surface area contributed by atoms with Crippen LogP contribution < -0.4 is 15.4 Å². The number of nitrogens with one attached hydrogen (secondary N) is 2. The van der Waals surface area contributed by atoms with Crippen LogP contribution in [0.2, 0.25) is 0 Å². The number of hydrogen-bond donors (Lipinski definition) is 2. The first kappa shape index (κ1) is 26.1. The lowest BCUT2D eigenvalue weighted by Gasteiger charge is -2.26. The first-order chi connectivity index (χ1) is 14.8. The summed E-state index contributed by atoms with van der Waals surface area (Å²) in [5.41, 5.74) is 1.10. The molecule has 2 aliphatic rings. The molecule has 3 rings (SSSR count). The molecule has 0 aliphatic carbocycles. The fourth-order valence-electron chi connectivity index (χ4n) is 3.55. The molecule has 0 amide bonds. The van der Waals surface area contributed by atoms with Crippen molar-refractivity contribution in [3.63, 3.8) is 0 Å². The SMILES string of the molecule is CCNC(=NCc1ccccc1OCCN1CCOCC1)NCCN1CCOCC1.I. The van der Waals surface area contributed by atoms with E-state index >= 15 is 0 Å². The Kier molecular flexibility index (Phi) is 13.2. The molecule has 0 atom stereocenters. The van der Waals surface area contributed by atoms with Crippen molar-refractivity contribution in [2.45, 2.75) is 13.5 Å². The summed E-state index contributed by atoms with van der Waals surface area (Å²) in [6.45, 7) is 14.2. The Morgan fingerprint density at radius 3 is 2.29 bits per heavy atom. The van der Waals surface area contributed by atoms with E-state index in [-0.39, 0.29) is 24.0 Å². The van der Waals surface area contributed by atoms with Crippen molar-refractivity contribution in [2.75, 3.05) is 85.4 Å². The molecule has 8 nitrogen and oxygen atoms in total. The predicted octanol–water partition coefficient (Wildman–Crippen LogP) is 1.40. The van der Waals surface area contributed by atoms with Gasteiger partial charge < -0.3 is 24.8 Å². The third-order valence-corrected chi connectivity index (χ3v) is 5.32. The number of rotatable bonds is 10. The van der Waals surface area contributed by atoms with Gasteiger partial charge in [0.15, 0.2) is 5.96 Å². The predicted molar refractivity (Wildman–Crippen MR) is 135 cm³/mol. The number of ether oxygens (including phenoxy) is 3. The molecule has 0 radical (unpaired) electrons. The maximum Gasteiger partial charge on any atom is 0.191 e. The summed E-state index contributed by atoms with van der Waals surface area (Å²) >= 11 is 0. The molecule has 0 aromatic heterocycles. The van der Waals surface area contributed by atoms with Crippen LogP contribution in [0, 0.1) is 0 Å². The van der Waals surface area contributed by atoms with Gasteiger partial charge in [-0.05, 0) is 13.0 Å². The van der Waals surface area contributed by atoms with E-state index in [0.29, 0.717) is 13.2 Å². The highest BCUT2D eigenvalue weighted by molar-refractivity contribution is 14.0. The smallest absolute Gasteiger partial charge is 0.191 e. The second-order valence-corrected chi connectivity index (χ2v) is 7.49. The first-order valence-corrected chi connectivity index (χ1v) is 11.2. The van der Waals surface area contributed by atoms with Gasteiger partial charge in [0.25, 0.3) is 0 Å². The van der Waals surface area contributed by atoms with Crippen molar-refractivity contribution in [3.05, 3.63) is 29.8 Å². The molecular formula is C22H38IN5O3. The van der Waals surface area contributed by atoms with Crippen molar-refractivity contribution in [1.29, 1.82) is 0 Å². The van der Waals surface area contributed by atoms with Crippen molar-refractivity contribution < 1.29 is 14.2 Å². The number of hydrogen-bond acceptors (Lipinski definition) is 6. The number of nitrogens with zero attached hydrogens (tertiary/aromatic N) is 3. The standard InChI is InChI=1S/C22H37N5O3.HI/c1-2-23-22(24-7-8-26-9-14-28-15-10-26)25-19-20-5-3-4-6-21(20)30-18-13-27-11-16-29-17-12-27;/h3-6H,2,7-19H2,1H3,(H2,23,24,25);1H. The van der Waals surface area contributed by atoms with Crippen LogP contribution in [0.4, 0.5) is 0 Å². The Hall–Kier alpha value is -1.14. The molecule has 0 unspecified atom stereocenters. The first-order valence-electron chi connectivity index (χ1n) is 11.2. The minimum atomic E-state index is 0. The monoisotopic (exact) mass is 547 g/mol. The van der Waals surface area contributed by atoms with Gasteiger partial charge in [-0.3, -0.25) is 9.80 Å². The van der Waals surface area contributed by atoms with E-state index in [1.807, 2.05) is 18.2 Å². The van der Waals surface area contributed by atoms with Crippen LogP contribution in [0.25, 0.3) is 0 Å². The van der Waals surface area contributed by atoms with E-state index < -0.39 is 0 Å². The number of guanidine groups is 1. The zero-order valence-electron chi connectivity index (χ0n) is 18.7. The summed E-state index contributed by atoms with van der Waals surface area (Å²) in [4.78, 5) is 9.56. The highest BCUT2D eigenvalue weighted by Crippen LogP contribution is 2.19. The summed E-state index contributed by atoms with van der Waals surface area (Å²) in [6, 6.07) is 8.18. The van der Waals surface area contributed by atoms with Gasteiger partial charge in [-0.2, -0.15) is 0 Å². The summed E-state index contributed by atoms with van der Waals surface area (Å²) in [6.07, 6.45) is 0. The molecule has 1 aromatic carbocycles. The number of para-hydroxylation sites is 1. The van der Waals surface area contributed by atoms with E-state index in [9.17, 15) is 0 Å². The zero-order chi connectivity index (χ0) is 20.9. The maximum atomic E-state index is 6.08. The Morgan fingerprint density at radius 1 is 0.968 bits per heavy atom. The van der Waals surface area contributed by atoms with E-state index in [4.69, 9.17) is 19.2 Å². The number of aliphatic imine (C=N–C) groups is 1. The van der Waals surface area contributed by atoms with Crippen LogP contribution in [0.3, 0.4) is 0 Å². The minimum absolute atomic E-state index is 0. The highest BCUT2D eigenvalue weighted by Gasteiger charge is 2.11. The maximum absolute atomic E-state index is 6.08. The van der Waals surface area contributed by atoms with Crippen molar-refractivity contribution in [3.8, 4) is 5.75 Å². The summed E-state index contributed by atoms with van der Waals surface area (Å²) in [5.74, 6) is 1.76. The number of benzene rings is 1. The molecule has 2 saturated heterocycles. The molecule has 31 heavy (non-hydrogen) atoms. The van der Waals surface area contributed by atoms with Crippen LogP contribution >= 0.6 is 24.0 Å². The molecule has 0 saturated carbocycles. The van der Waals surface area contributed by atoms with Crippen LogP contribution in [0.5, 0.6) is 5.75 Å². The van der Waals surface area contributed by atoms with Crippen LogP contribution in [-0.2, 0) is 16.0 Å². The molecule has 2 aliphatic heterocycles. The topological polar surface area (TPSA) is 70.6 Å². The zero-order valence-corrected chi connectivity index (χ0v) is 21.0. The third-order valence-electron chi connectivity index (χ3n) is 5.32. The second kappa shape index (κ2) is 15.6. The number of morpholine rings is 2. The lowest BCUT2D eigenvalue weighted by atomic mass is 10.2. The number of halogens is 1. The van der Waals surface area contributed by atoms with Gasteiger partial charge in [-0.1, -0.05) is 18.2 Å². The van der Waals surface area contributed by atoms with E-state index in [0.717, 1.165) is 96.1 Å². The van der Waals surface area contributed by atoms with Crippen LogP contribution in [0.1, 0.15) is 12.5 Å². The molecule has 2 fully saturated rings. The molecule has 2 heterocycles.